The fraction of sp³-hybridized carbons (Fsp3) is 0.462. The quantitative estimate of drug-likeness (QED) is 0.525. The highest BCUT2D eigenvalue weighted by atomic mass is 16.4. The Balaban J connectivity index is 0.000000385. The third kappa shape index (κ3) is 4.89. The molecule has 1 aliphatic heterocycles. The predicted octanol–water partition coefficient (Wildman–Crippen LogP) is 3.21. The Morgan fingerprint density at radius 3 is 2.39 bits per heavy atom. The Hall–Kier alpha value is -2.90. The van der Waals surface area contributed by atoms with Crippen LogP contribution in [0.5, 0.6) is 5.75 Å². The molecule has 0 radical (unpaired) electrons. The molecule has 0 aromatic heterocycles. The van der Waals surface area contributed by atoms with Gasteiger partial charge in [0.25, 0.3) is 0 Å². The summed E-state index contributed by atoms with van der Waals surface area (Å²) in [7, 11) is 0. The summed E-state index contributed by atoms with van der Waals surface area (Å²) in [4.78, 5) is 20.8. The first-order chi connectivity index (χ1) is 15.8. The van der Waals surface area contributed by atoms with Crippen molar-refractivity contribution in [2.45, 2.75) is 55.6 Å². The van der Waals surface area contributed by atoms with Crippen LogP contribution in [0.15, 0.2) is 54.6 Å². The van der Waals surface area contributed by atoms with E-state index in [1.54, 1.807) is 6.07 Å². The monoisotopic (exact) mass is 453 g/mol. The van der Waals surface area contributed by atoms with Crippen molar-refractivity contribution in [3.8, 4) is 5.75 Å². The number of piperidine rings is 1. The molecule has 2 aliphatic carbocycles. The first-order valence-corrected chi connectivity index (χ1v) is 11.5. The summed E-state index contributed by atoms with van der Waals surface area (Å²) in [5, 5.41) is 36.1. The van der Waals surface area contributed by atoms with Crippen molar-refractivity contribution in [3.63, 3.8) is 0 Å². The van der Waals surface area contributed by atoms with E-state index in [9.17, 15) is 10.2 Å². The third-order valence-electron chi connectivity index (χ3n) is 7.59. The molecule has 2 saturated carbocycles. The maximum atomic E-state index is 11.3. The Labute approximate surface area is 193 Å². The highest BCUT2D eigenvalue weighted by molar-refractivity contribution is 6.27. The number of nitrogens with zero attached hydrogens (tertiary/aromatic N) is 1. The minimum absolute atomic E-state index is 0.180. The van der Waals surface area contributed by atoms with E-state index in [0.717, 1.165) is 50.3 Å². The number of phenolic OH excluding ortho intramolecular Hbond substituents is 1. The number of aliphatic hydroxyl groups excluding tert-OH is 1. The summed E-state index contributed by atoms with van der Waals surface area (Å²) in [5.41, 5.74) is 2.41. The number of benzene rings is 2. The van der Waals surface area contributed by atoms with Crippen LogP contribution in [0.25, 0.3) is 0 Å². The van der Waals surface area contributed by atoms with E-state index in [0.29, 0.717) is 11.7 Å². The molecule has 5 atom stereocenters. The van der Waals surface area contributed by atoms with Crippen LogP contribution in [0.2, 0.25) is 0 Å². The maximum absolute atomic E-state index is 11.3. The zero-order valence-corrected chi connectivity index (χ0v) is 18.5. The predicted molar refractivity (Wildman–Crippen MR) is 122 cm³/mol. The second-order valence-corrected chi connectivity index (χ2v) is 9.48. The van der Waals surface area contributed by atoms with Gasteiger partial charge >= 0.3 is 11.9 Å². The molecule has 33 heavy (non-hydrogen) atoms. The van der Waals surface area contributed by atoms with Gasteiger partial charge in [0.1, 0.15) is 5.75 Å². The van der Waals surface area contributed by atoms with Crippen LogP contribution >= 0.6 is 0 Å². The second-order valence-electron chi connectivity index (χ2n) is 9.48. The average molecular weight is 454 g/mol. The van der Waals surface area contributed by atoms with Crippen molar-refractivity contribution in [3.05, 3.63) is 65.7 Å². The molecular weight excluding hydrogens is 422 g/mol. The first kappa shape index (κ1) is 23.3. The number of likely N-dealkylation sites (tertiary alicyclic amines) is 1. The number of aliphatic hydroxyl groups is 1. The van der Waals surface area contributed by atoms with E-state index in [-0.39, 0.29) is 17.6 Å². The Kier molecular flexibility index (Phi) is 6.72. The van der Waals surface area contributed by atoms with E-state index in [2.05, 4.69) is 41.3 Å². The number of aliphatic carboxylic acids is 2. The van der Waals surface area contributed by atoms with Crippen molar-refractivity contribution >= 4 is 11.9 Å². The molecular formula is C26H31NO6. The molecule has 5 rings (SSSR count). The number of carboxylic acids is 2. The highest BCUT2D eigenvalue weighted by Crippen LogP contribution is 2.51. The molecule has 2 aromatic rings. The summed E-state index contributed by atoms with van der Waals surface area (Å²) >= 11 is 0. The zero-order valence-electron chi connectivity index (χ0n) is 18.5. The third-order valence-corrected chi connectivity index (χ3v) is 7.59. The van der Waals surface area contributed by atoms with Crippen LogP contribution in [0.1, 0.15) is 49.1 Å². The topological polar surface area (TPSA) is 118 Å². The molecule has 1 heterocycles. The molecule has 0 unspecified atom stereocenters. The van der Waals surface area contributed by atoms with Gasteiger partial charge in [-0.1, -0.05) is 48.9 Å². The minimum Gasteiger partial charge on any atom is -0.508 e. The van der Waals surface area contributed by atoms with Gasteiger partial charge in [-0.15, -0.1) is 0 Å². The average Bonchev–Trinajstić information content (AvgIpc) is 3.56. The lowest BCUT2D eigenvalue weighted by Crippen LogP contribution is -2.62. The van der Waals surface area contributed by atoms with Crippen molar-refractivity contribution < 1.29 is 30.0 Å². The van der Waals surface area contributed by atoms with E-state index in [4.69, 9.17) is 19.8 Å². The SMILES string of the molecule is O=C(O)C(=O)O.Oc1cccc([C@]23CCC[C@H]([C@@H]2O)N(C[C@H]2C[C@H]2c2ccccc2)CC3)c1. The summed E-state index contributed by atoms with van der Waals surface area (Å²) < 4.78 is 0. The molecule has 176 valence electrons. The fourth-order valence-corrected chi connectivity index (χ4v) is 5.83. The van der Waals surface area contributed by atoms with Gasteiger partial charge in [0.2, 0.25) is 0 Å². The smallest absolute Gasteiger partial charge is 0.414 e. The molecule has 0 spiro atoms. The number of hydrogen-bond donors (Lipinski definition) is 4. The van der Waals surface area contributed by atoms with Gasteiger partial charge in [0, 0.05) is 18.0 Å². The molecule has 1 saturated heterocycles. The molecule has 3 aliphatic rings. The number of hydrogen-bond acceptors (Lipinski definition) is 5. The van der Waals surface area contributed by atoms with E-state index in [1.165, 1.54) is 12.0 Å². The van der Waals surface area contributed by atoms with Crippen molar-refractivity contribution in [2.75, 3.05) is 13.1 Å². The van der Waals surface area contributed by atoms with E-state index >= 15 is 0 Å². The lowest BCUT2D eigenvalue weighted by atomic mass is 9.61. The molecule has 7 heteroatoms. The van der Waals surface area contributed by atoms with Gasteiger partial charge in [0.15, 0.2) is 0 Å². The van der Waals surface area contributed by atoms with Crippen LogP contribution in [-0.2, 0) is 15.0 Å². The fourth-order valence-electron chi connectivity index (χ4n) is 5.83. The molecule has 4 N–H and O–H groups in total. The van der Waals surface area contributed by atoms with Gasteiger partial charge in [-0.2, -0.15) is 0 Å². The van der Waals surface area contributed by atoms with Crippen molar-refractivity contribution in [1.82, 2.24) is 4.90 Å². The molecule has 2 aromatic carbocycles. The Morgan fingerprint density at radius 1 is 1.00 bits per heavy atom. The molecule has 2 bridgehead atoms. The lowest BCUT2D eigenvalue weighted by molar-refractivity contribution is -0.159. The summed E-state index contributed by atoms with van der Waals surface area (Å²) in [6, 6.07) is 18.7. The highest BCUT2D eigenvalue weighted by Gasteiger charge is 2.52. The van der Waals surface area contributed by atoms with Crippen molar-refractivity contribution in [1.29, 1.82) is 0 Å². The number of phenols is 1. The minimum atomic E-state index is -1.82. The van der Waals surface area contributed by atoms with Gasteiger partial charge in [-0.05, 0) is 67.3 Å². The number of carboxylic acid groups (broad SMARTS) is 2. The zero-order chi connectivity index (χ0) is 23.6. The summed E-state index contributed by atoms with van der Waals surface area (Å²) in [6.07, 6.45) is 5.19. The van der Waals surface area contributed by atoms with Crippen LogP contribution in [0.4, 0.5) is 0 Å². The van der Waals surface area contributed by atoms with Gasteiger partial charge < -0.3 is 20.4 Å². The van der Waals surface area contributed by atoms with E-state index < -0.39 is 11.9 Å². The number of aromatic hydroxyl groups is 1. The number of rotatable bonds is 4. The van der Waals surface area contributed by atoms with Gasteiger partial charge in [-0.3, -0.25) is 4.90 Å². The normalized spacial score (nSPS) is 30.6. The Morgan fingerprint density at radius 2 is 1.73 bits per heavy atom. The van der Waals surface area contributed by atoms with Crippen LogP contribution in [0.3, 0.4) is 0 Å². The largest absolute Gasteiger partial charge is 0.508 e. The van der Waals surface area contributed by atoms with Crippen LogP contribution < -0.4 is 0 Å². The van der Waals surface area contributed by atoms with Crippen molar-refractivity contribution in [2.24, 2.45) is 5.92 Å². The van der Waals surface area contributed by atoms with E-state index in [1.807, 2.05) is 12.1 Å². The molecule has 0 amide bonds. The lowest BCUT2D eigenvalue weighted by Gasteiger charge is -2.54. The second kappa shape index (κ2) is 9.53. The maximum Gasteiger partial charge on any atom is 0.414 e. The van der Waals surface area contributed by atoms with Gasteiger partial charge in [0.05, 0.1) is 6.10 Å². The molecule has 7 nitrogen and oxygen atoms in total. The standard InChI is InChI=1S/C24H29NO2.C2H2O4/c26-20-9-4-8-19(15-20)24-11-5-10-22(23(24)27)25(13-12-24)16-18-14-21(18)17-6-2-1-3-7-17;3-1(4)2(5)6/h1-4,6-9,15,18,21-23,26-27H,5,10-14,16H2;(H,3,4)(H,5,6)/t18-,21+,22-,23+,24-;/m1./s1. The number of fused-ring (bicyclic) bond motifs is 2. The summed E-state index contributed by atoms with van der Waals surface area (Å²) in [6.45, 7) is 2.16. The number of carbonyl (C=O) groups is 2. The van der Waals surface area contributed by atoms with Crippen LogP contribution in [-0.4, -0.2) is 62.5 Å². The Bertz CT molecular complexity index is 983. The molecule has 3 fully saturated rings. The van der Waals surface area contributed by atoms with Crippen LogP contribution in [0, 0.1) is 5.92 Å². The summed E-state index contributed by atoms with van der Waals surface area (Å²) in [5.74, 6) is -1.91. The van der Waals surface area contributed by atoms with Gasteiger partial charge in [-0.25, -0.2) is 9.59 Å². The first-order valence-electron chi connectivity index (χ1n) is 11.5.